The zero-order valence-electron chi connectivity index (χ0n) is 12.4. The molecule has 18 heavy (non-hydrogen) atoms. The lowest BCUT2D eigenvalue weighted by Crippen LogP contribution is -2.55. The van der Waals surface area contributed by atoms with E-state index < -0.39 is 0 Å². The second-order valence-electron chi connectivity index (χ2n) is 7.16. The molecule has 2 saturated heterocycles. The number of hydrogen-bond donors (Lipinski definition) is 1. The van der Waals surface area contributed by atoms with Gasteiger partial charge in [-0.25, -0.2) is 0 Å². The van der Waals surface area contributed by atoms with Gasteiger partial charge < -0.3 is 10.0 Å². The Morgan fingerprint density at radius 2 is 1.94 bits per heavy atom. The zero-order valence-corrected chi connectivity index (χ0v) is 12.4. The lowest BCUT2D eigenvalue weighted by Gasteiger charge is -2.44. The van der Waals surface area contributed by atoms with Crippen molar-refractivity contribution in [2.45, 2.75) is 58.6 Å². The molecule has 106 valence electrons. The molecule has 2 unspecified atom stereocenters. The Balaban J connectivity index is 1.74. The lowest BCUT2D eigenvalue weighted by atomic mass is 9.87. The minimum atomic E-state index is -0.179. The summed E-state index contributed by atoms with van der Waals surface area (Å²) < 4.78 is 0. The molecule has 3 nitrogen and oxygen atoms in total. The highest BCUT2D eigenvalue weighted by atomic mass is 16.3. The van der Waals surface area contributed by atoms with Gasteiger partial charge in [-0.3, -0.25) is 4.90 Å². The average Bonchev–Trinajstić information content (AvgIpc) is 2.34. The molecule has 0 aliphatic carbocycles. The maximum Gasteiger partial charge on any atom is 0.0600 e. The Morgan fingerprint density at radius 1 is 1.17 bits per heavy atom. The molecule has 0 aromatic heterocycles. The van der Waals surface area contributed by atoms with Crippen molar-refractivity contribution in [2.75, 3.05) is 32.7 Å². The minimum absolute atomic E-state index is 0.0205. The van der Waals surface area contributed by atoms with Gasteiger partial charge >= 0.3 is 0 Å². The summed E-state index contributed by atoms with van der Waals surface area (Å²) in [5.74, 6) is 0. The van der Waals surface area contributed by atoms with Crippen LogP contribution in [-0.4, -0.2) is 59.8 Å². The average molecular weight is 254 g/mol. The summed E-state index contributed by atoms with van der Waals surface area (Å²) in [7, 11) is 0. The van der Waals surface area contributed by atoms with Gasteiger partial charge in [0.2, 0.25) is 0 Å². The molecule has 0 bridgehead atoms. The van der Waals surface area contributed by atoms with Gasteiger partial charge in [-0.05, 0) is 31.2 Å². The normalized spacial score (nSPS) is 29.0. The van der Waals surface area contributed by atoms with E-state index in [1.54, 1.807) is 0 Å². The van der Waals surface area contributed by atoms with Crippen LogP contribution in [0.1, 0.15) is 46.5 Å². The number of fused-ring (bicyclic) bond motifs is 1. The Kier molecular flexibility index (Phi) is 4.68. The molecule has 3 heteroatoms. The lowest BCUT2D eigenvalue weighted by molar-refractivity contribution is 0.0190. The maximum absolute atomic E-state index is 10.1. The highest BCUT2D eigenvalue weighted by Crippen LogP contribution is 2.24. The molecule has 0 spiro atoms. The van der Waals surface area contributed by atoms with Crippen LogP contribution in [0.3, 0.4) is 0 Å². The third-order valence-corrected chi connectivity index (χ3v) is 4.64. The molecule has 2 fully saturated rings. The zero-order chi connectivity index (χ0) is 13.2. The van der Waals surface area contributed by atoms with Gasteiger partial charge in [-0.1, -0.05) is 27.2 Å². The van der Waals surface area contributed by atoms with Crippen molar-refractivity contribution in [3.8, 4) is 0 Å². The van der Waals surface area contributed by atoms with Crippen LogP contribution in [0.4, 0.5) is 0 Å². The van der Waals surface area contributed by atoms with Gasteiger partial charge in [0, 0.05) is 32.2 Å². The van der Waals surface area contributed by atoms with Crippen LogP contribution in [0.15, 0.2) is 0 Å². The van der Waals surface area contributed by atoms with Crippen molar-refractivity contribution in [3.63, 3.8) is 0 Å². The van der Waals surface area contributed by atoms with Gasteiger partial charge in [-0.15, -0.1) is 0 Å². The Hall–Kier alpha value is -0.120. The van der Waals surface area contributed by atoms with Crippen molar-refractivity contribution in [1.29, 1.82) is 0 Å². The molecule has 0 amide bonds. The predicted octanol–water partition coefficient (Wildman–Crippen LogP) is 1.95. The molecular weight excluding hydrogens is 224 g/mol. The predicted molar refractivity (Wildman–Crippen MR) is 75.7 cm³/mol. The van der Waals surface area contributed by atoms with Crippen molar-refractivity contribution >= 4 is 0 Å². The summed E-state index contributed by atoms with van der Waals surface area (Å²) in [4.78, 5) is 5.22. The first kappa shape index (κ1) is 14.3. The molecule has 0 saturated carbocycles. The third-order valence-electron chi connectivity index (χ3n) is 4.64. The van der Waals surface area contributed by atoms with Gasteiger partial charge in [0.15, 0.2) is 0 Å². The summed E-state index contributed by atoms with van der Waals surface area (Å²) in [5.41, 5.74) is 0.0205. The molecule has 2 rings (SSSR count). The van der Waals surface area contributed by atoms with Crippen molar-refractivity contribution in [1.82, 2.24) is 9.80 Å². The number of nitrogens with zero attached hydrogens (tertiary/aromatic N) is 2. The van der Waals surface area contributed by atoms with Gasteiger partial charge in [0.1, 0.15) is 0 Å². The van der Waals surface area contributed by atoms with Crippen LogP contribution in [0.5, 0.6) is 0 Å². The van der Waals surface area contributed by atoms with Crippen LogP contribution in [0.25, 0.3) is 0 Å². The van der Waals surface area contributed by atoms with E-state index in [1.807, 2.05) is 0 Å². The number of aliphatic hydroxyl groups excluding tert-OH is 1. The fourth-order valence-corrected chi connectivity index (χ4v) is 3.16. The summed E-state index contributed by atoms with van der Waals surface area (Å²) in [5, 5.41) is 10.1. The van der Waals surface area contributed by atoms with E-state index in [-0.39, 0.29) is 11.5 Å². The first-order valence-corrected chi connectivity index (χ1v) is 7.61. The highest BCUT2D eigenvalue weighted by molar-refractivity contribution is 4.85. The monoisotopic (exact) mass is 254 g/mol. The topological polar surface area (TPSA) is 26.7 Å². The fraction of sp³-hybridized carbons (Fsp3) is 1.00. The molecule has 2 heterocycles. The SMILES string of the molecule is CC(C)(C)C(O)CCN1CCN2CCCCC2C1. The van der Waals surface area contributed by atoms with Crippen LogP contribution >= 0.6 is 0 Å². The Labute approximate surface area is 112 Å². The van der Waals surface area contributed by atoms with Crippen LogP contribution in [-0.2, 0) is 0 Å². The van der Waals surface area contributed by atoms with E-state index >= 15 is 0 Å². The summed E-state index contributed by atoms with van der Waals surface area (Å²) in [6.07, 6.45) is 4.90. The first-order valence-electron chi connectivity index (χ1n) is 7.61. The standard InChI is InChI=1S/C15H30N2O/c1-15(2,3)14(18)7-9-16-10-11-17-8-5-4-6-13(17)12-16/h13-14,18H,4-12H2,1-3H3. The Morgan fingerprint density at radius 3 is 2.67 bits per heavy atom. The van der Waals surface area contributed by atoms with Crippen LogP contribution in [0, 0.1) is 5.41 Å². The van der Waals surface area contributed by atoms with E-state index in [9.17, 15) is 5.11 Å². The minimum Gasteiger partial charge on any atom is -0.393 e. The second-order valence-corrected chi connectivity index (χ2v) is 7.16. The quantitative estimate of drug-likeness (QED) is 0.834. The Bertz CT molecular complexity index is 262. The largest absolute Gasteiger partial charge is 0.393 e. The molecule has 2 atom stereocenters. The van der Waals surface area contributed by atoms with Crippen LogP contribution in [0.2, 0.25) is 0 Å². The number of piperazine rings is 1. The molecule has 2 aliphatic rings. The number of piperidine rings is 1. The summed E-state index contributed by atoms with van der Waals surface area (Å²) >= 11 is 0. The smallest absolute Gasteiger partial charge is 0.0600 e. The van der Waals surface area contributed by atoms with E-state index in [0.29, 0.717) is 0 Å². The summed E-state index contributed by atoms with van der Waals surface area (Å²) in [6.45, 7) is 12.4. The third kappa shape index (κ3) is 3.69. The molecule has 0 aromatic rings. The van der Waals surface area contributed by atoms with E-state index in [2.05, 4.69) is 30.6 Å². The van der Waals surface area contributed by atoms with Gasteiger partial charge in [-0.2, -0.15) is 0 Å². The molecule has 1 N–H and O–H groups in total. The molecule has 0 aromatic carbocycles. The van der Waals surface area contributed by atoms with Gasteiger partial charge in [0.05, 0.1) is 6.10 Å². The molecule has 0 radical (unpaired) electrons. The molecular formula is C15H30N2O. The first-order chi connectivity index (χ1) is 8.47. The summed E-state index contributed by atoms with van der Waals surface area (Å²) in [6, 6.07) is 0.791. The van der Waals surface area contributed by atoms with E-state index in [1.165, 1.54) is 45.4 Å². The van der Waals surface area contributed by atoms with E-state index in [4.69, 9.17) is 0 Å². The van der Waals surface area contributed by atoms with Crippen LogP contribution < -0.4 is 0 Å². The second kappa shape index (κ2) is 5.89. The fourth-order valence-electron chi connectivity index (χ4n) is 3.16. The van der Waals surface area contributed by atoms with Crippen molar-refractivity contribution in [3.05, 3.63) is 0 Å². The van der Waals surface area contributed by atoms with Crippen molar-refractivity contribution < 1.29 is 5.11 Å². The van der Waals surface area contributed by atoms with Crippen molar-refractivity contribution in [2.24, 2.45) is 5.41 Å². The number of aliphatic hydroxyl groups is 1. The molecule has 2 aliphatic heterocycles. The highest BCUT2D eigenvalue weighted by Gasteiger charge is 2.29. The number of rotatable bonds is 3. The van der Waals surface area contributed by atoms with E-state index in [0.717, 1.165) is 19.0 Å². The number of hydrogen-bond acceptors (Lipinski definition) is 3. The van der Waals surface area contributed by atoms with Gasteiger partial charge in [0.25, 0.3) is 0 Å². The maximum atomic E-state index is 10.1.